The van der Waals surface area contributed by atoms with Crippen molar-refractivity contribution in [2.45, 2.75) is 27.0 Å². The summed E-state index contributed by atoms with van der Waals surface area (Å²) in [5, 5.41) is 3.76. The van der Waals surface area contributed by atoms with Crippen molar-refractivity contribution in [1.29, 1.82) is 0 Å². The van der Waals surface area contributed by atoms with E-state index in [9.17, 15) is 9.59 Å². The van der Waals surface area contributed by atoms with Crippen LogP contribution in [0.3, 0.4) is 0 Å². The second-order valence-electron chi connectivity index (χ2n) is 7.33. The predicted octanol–water partition coefficient (Wildman–Crippen LogP) is 3.52. The molecule has 8 nitrogen and oxygen atoms in total. The van der Waals surface area contributed by atoms with Crippen molar-refractivity contribution in [1.82, 2.24) is 14.7 Å². The number of rotatable bonds is 8. The van der Waals surface area contributed by atoms with Gasteiger partial charge in [-0.05, 0) is 25.0 Å². The fraction of sp³-hybridized carbons (Fsp3) is 0.200. The summed E-state index contributed by atoms with van der Waals surface area (Å²) in [6.07, 6.45) is 1.37. The number of hydrogen-bond acceptors (Lipinski definition) is 7. The Morgan fingerprint density at radius 2 is 1.67 bits per heavy atom. The number of nitrogens with one attached hydrogen (secondary N) is 1. The summed E-state index contributed by atoms with van der Waals surface area (Å²) >= 11 is 0. The number of aromatic nitrogens is 3. The zero-order valence-corrected chi connectivity index (χ0v) is 18.4. The average molecular weight is 444 g/mol. The van der Waals surface area contributed by atoms with E-state index in [0.717, 1.165) is 15.9 Å². The maximum absolute atomic E-state index is 13.5. The number of ether oxygens (including phenoxy) is 1. The summed E-state index contributed by atoms with van der Waals surface area (Å²) < 4.78 is 6.27. The fourth-order valence-corrected chi connectivity index (χ4v) is 3.53. The lowest BCUT2D eigenvalue weighted by Crippen LogP contribution is -2.34. The van der Waals surface area contributed by atoms with Gasteiger partial charge in [0.25, 0.3) is 0 Å². The number of carbonyl (C=O) groups is 1. The zero-order chi connectivity index (χ0) is 23.2. The van der Waals surface area contributed by atoms with Gasteiger partial charge in [0.2, 0.25) is 0 Å². The normalized spacial score (nSPS) is 10.7. The Kier molecular flexibility index (Phi) is 6.64. The highest BCUT2D eigenvalue weighted by atomic mass is 16.7. The maximum atomic E-state index is 13.5. The first-order valence-corrected chi connectivity index (χ1v) is 10.6. The number of fused-ring (bicyclic) bond motifs is 1. The summed E-state index contributed by atoms with van der Waals surface area (Å²) in [5.74, 6) is -0.736. The molecule has 0 spiro atoms. The Balaban J connectivity index is 1.86. The Morgan fingerprint density at radius 1 is 1.00 bits per heavy atom. The molecule has 1 N–H and O–H groups in total. The summed E-state index contributed by atoms with van der Waals surface area (Å²) in [6, 6.07) is 19.1. The second-order valence-corrected chi connectivity index (χ2v) is 7.33. The quantitative estimate of drug-likeness (QED) is 0.416. The molecule has 0 bridgehead atoms. The van der Waals surface area contributed by atoms with Gasteiger partial charge < -0.3 is 14.9 Å². The smallest absolute Gasteiger partial charge is 0.346 e. The van der Waals surface area contributed by atoms with Crippen LogP contribution >= 0.6 is 0 Å². The van der Waals surface area contributed by atoms with Crippen molar-refractivity contribution in [3.63, 3.8) is 0 Å². The van der Waals surface area contributed by atoms with Gasteiger partial charge in [-0.2, -0.15) is 0 Å². The van der Waals surface area contributed by atoms with E-state index in [1.165, 1.54) is 6.33 Å². The van der Waals surface area contributed by atoms with Crippen LogP contribution < -0.4 is 15.7 Å². The summed E-state index contributed by atoms with van der Waals surface area (Å²) in [4.78, 5) is 40.9. The lowest BCUT2D eigenvalue weighted by Gasteiger charge is -2.18. The van der Waals surface area contributed by atoms with Gasteiger partial charge >= 0.3 is 11.5 Å². The van der Waals surface area contributed by atoms with Crippen LogP contribution in [0.4, 0.5) is 5.69 Å². The molecule has 2 heterocycles. The van der Waals surface area contributed by atoms with E-state index in [1.54, 1.807) is 13.8 Å². The molecule has 0 fully saturated rings. The number of benzene rings is 2. The van der Waals surface area contributed by atoms with Crippen molar-refractivity contribution in [3.8, 4) is 0 Å². The molecule has 0 amide bonds. The molecule has 0 aliphatic carbocycles. The maximum Gasteiger partial charge on any atom is 0.346 e. The summed E-state index contributed by atoms with van der Waals surface area (Å²) in [6.45, 7) is 4.13. The van der Waals surface area contributed by atoms with Crippen LogP contribution in [0.25, 0.3) is 11.0 Å². The lowest BCUT2D eigenvalue weighted by molar-refractivity contribution is 0.0513. The van der Waals surface area contributed by atoms with Crippen molar-refractivity contribution < 1.29 is 14.4 Å². The molecule has 33 heavy (non-hydrogen) atoms. The van der Waals surface area contributed by atoms with Gasteiger partial charge in [0.05, 0.1) is 23.4 Å². The van der Waals surface area contributed by atoms with E-state index in [-0.39, 0.29) is 24.4 Å². The highest BCUT2D eigenvalue weighted by Crippen LogP contribution is 2.27. The SMILES string of the molecule is CCOC(=O)c1c(NCc2ccccc2)c2c(C)ncnc2n(OCc2ccccc2)c1=O. The first-order chi connectivity index (χ1) is 16.1. The fourth-order valence-electron chi connectivity index (χ4n) is 3.53. The number of aryl methyl sites for hydroxylation is 1. The molecule has 2 aromatic heterocycles. The molecular formula is C25H24N4O4. The van der Waals surface area contributed by atoms with Crippen molar-refractivity contribution >= 4 is 22.7 Å². The monoisotopic (exact) mass is 444 g/mol. The van der Waals surface area contributed by atoms with E-state index < -0.39 is 11.5 Å². The zero-order valence-electron chi connectivity index (χ0n) is 18.4. The van der Waals surface area contributed by atoms with Gasteiger partial charge in [-0.25, -0.2) is 14.8 Å². The van der Waals surface area contributed by atoms with Gasteiger partial charge in [-0.1, -0.05) is 60.7 Å². The van der Waals surface area contributed by atoms with Crippen molar-refractivity contribution in [3.05, 3.63) is 99.7 Å². The molecule has 0 radical (unpaired) electrons. The number of hydrogen-bond donors (Lipinski definition) is 1. The predicted molar refractivity (Wildman–Crippen MR) is 125 cm³/mol. The first kappa shape index (κ1) is 22.0. The van der Waals surface area contributed by atoms with Gasteiger partial charge in [0, 0.05) is 6.54 Å². The minimum absolute atomic E-state index is 0.123. The minimum atomic E-state index is -0.736. The number of carbonyl (C=O) groups excluding carboxylic acids is 1. The Hall–Kier alpha value is -4.20. The standard InChI is InChI=1S/C25H24N4O4/c1-3-32-25(31)21-22(26-14-18-10-6-4-7-11-18)20-17(2)27-16-28-23(20)29(24(21)30)33-15-19-12-8-5-9-13-19/h4-13,16,26H,3,14-15H2,1-2H3. The largest absolute Gasteiger partial charge is 0.462 e. The molecule has 0 saturated carbocycles. The highest BCUT2D eigenvalue weighted by Gasteiger charge is 2.26. The molecule has 4 rings (SSSR count). The Bertz CT molecular complexity index is 1320. The van der Waals surface area contributed by atoms with E-state index in [0.29, 0.717) is 23.3 Å². The average Bonchev–Trinajstić information content (AvgIpc) is 2.83. The number of pyridine rings is 1. The van der Waals surface area contributed by atoms with Crippen LogP contribution in [0, 0.1) is 6.92 Å². The van der Waals surface area contributed by atoms with Crippen LogP contribution in [-0.4, -0.2) is 27.3 Å². The van der Waals surface area contributed by atoms with Crippen molar-refractivity contribution in [2.75, 3.05) is 11.9 Å². The minimum Gasteiger partial charge on any atom is -0.462 e. The third-order valence-electron chi connectivity index (χ3n) is 5.10. The molecule has 4 aromatic rings. The van der Waals surface area contributed by atoms with Crippen LogP contribution in [0.15, 0.2) is 71.8 Å². The van der Waals surface area contributed by atoms with Gasteiger partial charge in [0.1, 0.15) is 12.9 Å². The van der Waals surface area contributed by atoms with Crippen LogP contribution in [0.5, 0.6) is 0 Å². The van der Waals surface area contributed by atoms with Crippen LogP contribution in [-0.2, 0) is 17.9 Å². The molecule has 0 atom stereocenters. The van der Waals surface area contributed by atoms with Crippen molar-refractivity contribution in [2.24, 2.45) is 0 Å². The van der Waals surface area contributed by atoms with E-state index in [4.69, 9.17) is 9.57 Å². The van der Waals surface area contributed by atoms with Gasteiger partial charge in [-0.3, -0.25) is 4.79 Å². The topological polar surface area (TPSA) is 95.3 Å². The second kappa shape index (κ2) is 9.95. The lowest BCUT2D eigenvalue weighted by atomic mass is 10.1. The van der Waals surface area contributed by atoms with Gasteiger partial charge in [0.15, 0.2) is 11.2 Å². The molecule has 0 unspecified atom stereocenters. The van der Waals surface area contributed by atoms with Crippen LogP contribution in [0.1, 0.15) is 34.1 Å². The molecule has 0 aliphatic heterocycles. The Labute approximate surface area is 190 Å². The highest BCUT2D eigenvalue weighted by molar-refractivity contribution is 6.04. The number of nitrogens with zero attached hydrogens (tertiary/aromatic N) is 3. The molecule has 168 valence electrons. The molecular weight excluding hydrogens is 420 g/mol. The van der Waals surface area contributed by atoms with E-state index >= 15 is 0 Å². The molecule has 2 aromatic carbocycles. The molecule has 8 heteroatoms. The summed E-state index contributed by atoms with van der Waals surface area (Å²) in [7, 11) is 0. The first-order valence-electron chi connectivity index (χ1n) is 10.6. The third-order valence-corrected chi connectivity index (χ3v) is 5.10. The van der Waals surface area contributed by atoms with E-state index in [1.807, 2.05) is 60.7 Å². The van der Waals surface area contributed by atoms with Crippen LogP contribution in [0.2, 0.25) is 0 Å². The molecule has 0 saturated heterocycles. The summed E-state index contributed by atoms with van der Waals surface area (Å²) in [5.41, 5.74) is 2.25. The van der Waals surface area contributed by atoms with Gasteiger partial charge in [-0.15, -0.1) is 4.73 Å². The number of esters is 1. The number of anilines is 1. The Morgan fingerprint density at radius 3 is 2.33 bits per heavy atom. The molecule has 0 aliphatic rings. The van der Waals surface area contributed by atoms with E-state index in [2.05, 4.69) is 15.3 Å². The third kappa shape index (κ3) is 4.69.